The second-order valence-corrected chi connectivity index (χ2v) is 3.94. The molecular formula is C11H17NO. The van der Waals surface area contributed by atoms with Crippen molar-refractivity contribution in [1.29, 1.82) is 0 Å². The van der Waals surface area contributed by atoms with E-state index in [0.717, 1.165) is 26.1 Å². The van der Waals surface area contributed by atoms with Crippen molar-refractivity contribution in [3.63, 3.8) is 0 Å². The number of allylic oxidation sites excluding steroid dienone is 2. The lowest BCUT2D eigenvalue weighted by molar-refractivity contribution is 0.179. The van der Waals surface area contributed by atoms with Gasteiger partial charge in [0.1, 0.15) is 0 Å². The van der Waals surface area contributed by atoms with Crippen LogP contribution in [0.15, 0.2) is 23.8 Å². The Bertz CT molecular complexity index is 232. The van der Waals surface area contributed by atoms with E-state index in [-0.39, 0.29) is 6.10 Å². The van der Waals surface area contributed by atoms with Gasteiger partial charge in [-0.15, -0.1) is 0 Å². The molecule has 0 radical (unpaired) electrons. The minimum absolute atomic E-state index is 0.0897. The van der Waals surface area contributed by atoms with Crippen LogP contribution in [0.25, 0.3) is 0 Å². The fraction of sp³-hybridized carbons (Fsp3) is 0.636. The van der Waals surface area contributed by atoms with Crippen LogP contribution < -0.4 is 0 Å². The number of nitrogens with zero attached hydrogens (tertiary/aromatic N) is 1. The molecule has 0 saturated carbocycles. The van der Waals surface area contributed by atoms with Gasteiger partial charge in [-0.2, -0.15) is 0 Å². The van der Waals surface area contributed by atoms with E-state index in [4.69, 9.17) is 0 Å². The summed E-state index contributed by atoms with van der Waals surface area (Å²) in [6, 6.07) is 0. The van der Waals surface area contributed by atoms with Gasteiger partial charge in [-0.1, -0.05) is 18.2 Å². The molecule has 1 aliphatic carbocycles. The first kappa shape index (κ1) is 8.97. The monoisotopic (exact) mass is 179 g/mol. The average molecular weight is 179 g/mol. The minimum Gasteiger partial charge on any atom is -0.392 e. The van der Waals surface area contributed by atoms with E-state index in [1.165, 1.54) is 18.4 Å². The molecule has 2 nitrogen and oxygen atoms in total. The van der Waals surface area contributed by atoms with Crippen molar-refractivity contribution in [2.75, 3.05) is 19.6 Å². The van der Waals surface area contributed by atoms with Gasteiger partial charge in [-0.25, -0.2) is 0 Å². The fourth-order valence-corrected chi connectivity index (χ4v) is 2.00. The maximum atomic E-state index is 9.35. The van der Waals surface area contributed by atoms with Crippen molar-refractivity contribution in [3.05, 3.63) is 23.8 Å². The summed E-state index contributed by atoms with van der Waals surface area (Å²) in [7, 11) is 0. The number of likely N-dealkylation sites (tertiary alicyclic amines) is 1. The Morgan fingerprint density at radius 1 is 1.46 bits per heavy atom. The highest BCUT2D eigenvalue weighted by Crippen LogP contribution is 2.15. The van der Waals surface area contributed by atoms with Crippen molar-refractivity contribution in [1.82, 2.24) is 4.90 Å². The Hall–Kier alpha value is -0.600. The molecule has 1 heterocycles. The molecule has 72 valence electrons. The highest BCUT2D eigenvalue weighted by Gasteiger charge is 2.20. The number of aliphatic hydroxyl groups is 1. The van der Waals surface area contributed by atoms with Crippen LogP contribution in [0.3, 0.4) is 0 Å². The lowest BCUT2D eigenvalue weighted by Crippen LogP contribution is -2.24. The lowest BCUT2D eigenvalue weighted by atomic mass is 10.1. The van der Waals surface area contributed by atoms with Crippen LogP contribution in [0.5, 0.6) is 0 Å². The van der Waals surface area contributed by atoms with Gasteiger partial charge < -0.3 is 5.11 Å². The summed E-state index contributed by atoms with van der Waals surface area (Å²) in [5, 5.41) is 9.35. The molecule has 1 fully saturated rings. The van der Waals surface area contributed by atoms with Gasteiger partial charge in [-0.3, -0.25) is 4.90 Å². The van der Waals surface area contributed by atoms with Crippen molar-refractivity contribution in [2.24, 2.45) is 0 Å². The van der Waals surface area contributed by atoms with Crippen LogP contribution >= 0.6 is 0 Å². The molecule has 0 aromatic carbocycles. The summed E-state index contributed by atoms with van der Waals surface area (Å²) in [6.45, 7) is 2.92. The van der Waals surface area contributed by atoms with Gasteiger partial charge in [0.25, 0.3) is 0 Å². The van der Waals surface area contributed by atoms with E-state index in [0.29, 0.717) is 0 Å². The molecule has 1 N–H and O–H groups in total. The van der Waals surface area contributed by atoms with Gasteiger partial charge in [0.15, 0.2) is 0 Å². The number of rotatable bonds is 2. The Morgan fingerprint density at radius 2 is 2.38 bits per heavy atom. The first-order chi connectivity index (χ1) is 6.34. The van der Waals surface area contributed by atoms with Gasteiger partial charge in [0, 0.05) is 19.6 Å². The first-order valence-corrected chi connectivity index (χ1v) is 5.10. The van der Waals surface area contributed by atoms with E-state index >= 15 is 0 Å². The molecule has 0 aromatic heterocycles. The summed E-state index contributed by atoms with van der Waals surface area (Å²) in [5.74, 6) is 0. The van der Waals surface area contributed by atoms with Crippen LogP contribution in [0, 0.1) is 0 Å². The average Bonchev–Trinajstić information content (AvgIpc) is 2.53. The fourth-order valence-electron chi connectivity index (χ4n) is 2.00. The smallest absolute Gasteiger partial charge is 0.0679 e. The van der Waals surface area contributed by atoms with Crippen molar-refractivity contribution in [2.45, 2.75) is 25.4 Å². The predicted molar refractivity (Wildman–Crippen MR) is 53.5 cm³/mol. The van der Waals surface area contributed by atoms with E-state index in [1.54, 1.807) is 0 Å². The lowest BCUT2D eigenvalue weighted by Gasteiger charge is -2.16. The number of β-amino-alcohol motifs (C(OH)–C–C–N with tert-alkyl or cyclic N) is 1. The zero-order valence-electron chi connectivity index (χ0n) is 7.95. The minimum atomic E-state index is -0.0897. The molecule has 13 heavy (non-hydrogen) atoms. The van der Waals surface area contributed by atoms with E-state index in [1.807, 2.05) is 0 Å². The van der Waals surface area contributed by atoms with Crippen molar-refractivity contribution in [3.8, 4) is 0 Å². The van der Waals surface area contributed by atoms with Gasteiger partial charge in [-0.05, 0) is 24.8 Å². The largest absolute Gasteiger partial charge is 0.392 e. The molecule has 2 heteroatoms. The quantitative estimate of drug-likeness (QED) is 0.691. The molecule has 0 aromatic rings. The highest BCUT2D eigenvalue weighted by atomic mass is 16.3. The maximum Gasteiger partial charge on any atom is 0.0679 e. The normalized spacial score (nSPS) is 29.3. The first-order valence-electron chi connectivity index (χ1n) is 5.10. The second kappa shape index (κ2) is 4.07. The predicted octanol–water partition coefficient (Wildman–Crippen LogP) is 1.33. The standard InChI is InChI=1S/C11H17NO/c13-11-6-7-12(9-11)8-10-4-2-1-3-5-10/h2,4-5,11,13H,1,3,6-9H2/t11-/m1/s1. The Kier molecular flexibility index (Phi) is 2.81. The van der Waals surface area contributed by atoms with E-state index in [9.17, 15) is 5.11 Å². The number of aliphatic hydroxyl groups excluding tert-OH is 1. The summed E-state index contributed by atoms with van der Waals surface area (Å²) >= 11 is 0. The molecule has 0 unspecified atom stereocenters. The van der Waals surface area contributed by atoms with Crippen molar-refractivity contribution < 1.29 is 5.11 Å². The number of hydrogen-bond donors (Lipinski definition) is 1. The molecule has 2 aliphatic rings. The van der Waals surface area contributed by atoms with Gasteiger partial charge >= 0.3 is 0 Å². The van der Waals surface area contributed by atoms with Crippen LogP contribution in [0.2, 0.25) is 0 Å². The third-order valence-corrected chi connectivity index (χ3v) is 2.73. The summed E-state index contributed by atoms with van der Waals surface area (Å²) < 4.78 is 0. The van der Waals surface area contributed by atoms with Gasteiger partial charge in [0.2, 0.25) is 0 Å². The van der Waals surface area contributed by atoms with Crippen molar-refractivity contribution >= 4 is 0 Å². The molecule has 1 atom stereocenters. The second-order valence-electron chi connectivity index (χ2n) is 3.94. The van der Waals surface area contributed by atoms with Crippen LogP contribution in [-0.4, -0.2) is 35.7 Å². The van der Waals surface area contributed by atoms with E-state index < -0.39 is 0 Å². The Balaban J connectivity index is 1.84. The molecule has 1 aliphatic heterocycles. The SMILES string of the molecule is O[C@@H]1CCN(CC2=CCCC=C2)C1. The van der Waals surface area contributed by atoms with Gasteiger partial charge in [0.05, 0.1) is 6.10 Å². The highest BCUT2D eigenvalue weighted by molar-refractivity contribution is 5.23. The molecule has 0 spiro atoms. The van der Waals surface area contributed by atoms with E-state index in [2.05, 4.69) is 23.1 Å². The third-order valence-electron chi connectivity index (χ3n) is 2.73. The summed E-state index contributed by atoms with van der Waals surface area (Å²) in [5.41, 5.74) is 1.42. The molecule has 2 rings (SSSR count). The topological polar surface area (TPSA) is 23.5 Å². The summed E-state index contributed by atoms with van der Waals surface area (Å²) in [6.07, 6.45) is 9.99. The van der Waals surface area contributed by atoms with Crippen LogP contribution in [0.1, 0.15) is 19.3 Å². The molecule has 0 amide bonds. The van der Waals surface area contributed by atoms with Crippen LogP contribution in [-0.2, 0) is 0 Å². The third kappa shape index (κ3) is 2.42. The Labute approximate surface area is 79.6 Å². The summed E-state index contributed by atoms with van der Waals surface area (Å²) in [4.78, 5) is 2.33. The Morgan fingerprint density at radius 3 is 3.00 bits per heavy atom. The zero-order chi connectivity index (χ0) is 9.10. The molecule has 1 saturated heterocycles. The zero-order valence-corrected chi connectivity index (χ0v) is 7.95. The number of hydrogen-bond acceptors (Lipinski definition) is 2. The molecular weight excluding hydrogens is 162 g/mol. The van der Waals surface area contributed by atoms with Crippen LogP contribution in [0.4, 0.5) is 0 Å². The maximum absolute atomic E-state index is 9.35. The molecule has 0 bridgehead atoms.